The molecule has 2 fully saturated rings. The molecule has 0 aromatic heterocycles. The number of hydrogen-bond acceptors (Lipinski definition) is 9. The molecule has 1 N–H and O–H groups in total. The molecule has 0 aliphatic carbocycles. The highest BCUT2D eigenvalue weighted by Crippen LogP contribution is 2.32. The molecule has 2 saturated heterocycles. The number of hydrogen-bond donors (Lipinski definition) is 1. The molecule has 0 aromatic carbocycles. The fourth-order valence-corrected chi connectivity index (χ4v) is 3.75. The first-order valence-electron chi connectivity index (χ1n) is 13.0. The maximum atomic E-state index is 11.7. The van der Waals surface area contributed by atoms with Gasteiger partial charge in [-0.2, -0.15) is 0 Å². The van der Waals surface area contributed by atoms with Gasteiger partial charge in [-0.05, 0) is 82.1 Å². The summed E-state index contributed by atoms with van der Waals surface area (Å²) in [6.45, 7) is 20.9. The number of aliphatic hydroxyl groups excluding tert-OH is 1. The Labute approximate surface area is 217 Å². The van der Waals surface area contributed by atoms with E-state index >= 15 is 0 Å². The fraction of sp³-hybridized carbons (Fsp3) is 0.926. The zero-order valence-corrected chi connectivity index (χ0v) is 24.3. The number of carbonyl (C=O) groups is 2. The normalized spacial score (nSPS) is 27.2. The fourth-order valence-electron chi connectivity index (χ4n) is 3.75. The monoisotopic (exact) mass is 518 g/mol. The summed E-state index contributed by atoms with van der Waals surface area (Å²) in [6.07, 6.45) is 1.70. The van der Waals surface area contributed by atoms with Crippen LogP contribution in [0.25, 0.3) is 0 Å². The minimum absolute atomic E-state index is 0.0118. The standard InChI is InChI=1S/C14H26O4.C13H24O5/c1-7-8-10-11(18-14(5,6)17-10)9-16-12(15)13(2,3)4;1-12(2,3)11(15)16-8-10-9(6-7-14)17-13(4,5)18-10/h10-11H,7-9H2,1-6H3;9-10,14H,6-8H2,1-5H3/t10-,11+;9-,10+/m00/s1. The molecule has 36 heavy (non-hydrogen) atoms. The van der Waals surface area contributed by atoms with E-state index in [-0.39, 0.29) is 56.2 Å². The highest BCUT2D eigenvalue weighted by Gasteiger charge is 2.43. The molecular formula is C27H50O9. The molecule has 0 amide bonds. The van der Waals surface area contributed by atoms with Gasteiger partial charge in [0.15, 0.2) is 11.6 Å². The third kappa shape index (κ3) is 11.0. The molecule has 2 aliphatic heterocycles. The SMILES string of the molecule is CC1(C)O[C@@H](CCO)[C@@H](COC(=O)C(C)(C)C)O1.CCC[C@@H]1OC(C)(C)O[C@@H]1COC(=O)C(C)(C)C. The average Bonchev–Trinajstić information content (AvgIpc) is 3.17. The maximum Gasteiger partial charge on any atom is 0.311 e. The zero-order valence-electron chi connectivity index (χ0n) is 24.3. The van der Waals surface area contributed by atoms with Gasteiger partial charge >= 0.3 is 11.9 Å². The Hall–Kier alpha value is -1.26. The highest BCUT2D eigenvalue weighted by molar-refractivity contribution is 5.75. The predicted molar refractivity (Wildman–Crippen MR) is 135 cm³/mol. The van der Waals surface area contributed by atoms with E-state index in [1.54, 1.807) is 20.8 Å². The van der Waals surface area contributed by atoms with Crippen LogP contribution in [0.3, 0.4) is 0 Å². The second kappa shape index (κ2) is 13.0. The van der Waals surface area contributed by atoms with Gasteiger partial charge < -0.3 is 33.5 Å². The second-order valence-corrected chi connectivity index (χ2v) is 12.4. The number of carbonyl (C=O) groups excluding carboxylic acids is 2. The molecule has 0 aromatic rings. The molecule has 4 atom stereocenters. The number of rotatable bonds is 8. The Morgan fingerprint density at radius 1 is 0.694 bits per heavy atom. The summed E-state index contributed by atoms with van der Waals surface area (Å²) in [7, 11) is 0. The van der Waals surface area contributed by atoms with Crippen molar-refractivity contribution in [2.24, 2.45) is 10.8 Å². The minimum Gasteiger partial charge on any atom is -0.462 e. The quantitative estimate of drug-likeness (QED) is 0.468. The molecule has 2 rings (SSSR count). The Bertz CT molecular complexity index is 643. The first kappa shape index (κ1) is 32.8. The molecule has 0 bridgehead atoms. The third-order valence-corrected chi connectivity index (χ3v) is 5.54. The molecule has 2 aliphatic rings. The van der Waals surface area contributed by atoms with Crippen LogP contribution < -0.4 is 0 Å². The summed E-state index contributed by atoms with van der Waals surface area (Å²) in [5.74, 6) is -1.75. The van der Waals surface area contributed by atoms with Gasteiger partial charge in [0.05, 0.1) is 23.0 Å². The largest absolute Gasteiger partial charge is 0.462 e. The van der Waals surface area contributed by atoms with Crippen LogP contribution in [-0.2, 0) is 38.0 Å². The summed E-state index contributed by atoms with van der Waals surface area (Å²) >= 11 is 0. The summed E-state index contributed by atoms with van der Waals surface area (Å²) in [6, 6.07) is 0. The summed E-state index contributed by atoms with van der Waals surface area (Å²) < 4.78 is 33.4. The lowest BCUT2D eigenvalue weighted by molar-refractivity contribution is -0.165. The van der Waals surface area contributed by atoms with Gasteiger partial charge in [-0.3, -0.25) is 9.59 Å². The molecule has 2 heterocycles. The van der Waals surface area contributed by atoms with Crippen molar-refractivity contribution in [3.8, 4) is 0 Å². The van der Waals surface area contributed by atoms with Crippen LogP contribution in [0.4, 0.5) is 0 Å². The lowest BCUT2D eigenvalue weighted by Crippen LogP contribution is -2.32. The summed E-state index contributed by atoms with van der Waals surface area (Å²) in [5, 5.41) is 8.98. The first-order valence-corrected chi connectivity index (χ1v) is 13.0. The van der Waals surface area contributed by atoms with E-state index in [1.807, 2.05) is 48.5 Å². The number of esters is 2. The van der Waals surface area contributed by atoms with E-state index < -0.39 is 22.4 Å². The topological polar surface area (TPSA) is 110 Å². The van der Waals surface area contributed by atoms with Crippen LogP contribution in [0.5, 0.6) is 0 Å². The van der Waals surface area contributed by atoms with Crippen LogP contribution in [0.15, 0.2) is 0 Å². The Kier molecular flexibility index (Phi) is 11.8. The van der Waals surface area contributed by atoms with Gasteiger partial charge in [0.25, 0.3) is 0 Å². The molecule has 9 heteroatoms. The zero-order chi connectivity index (χ0) is 27.9. The van der Waals surface area contributed by atoms with Crippen molar-refractivity contribution in [2.45, 2.75) is 131 Å². The van der Waals surface area contributed by atoms with Crippen molar-refractivity contribution in [1.82, 2.24) is 0 Å². The van der Waals surface area contributed by atoms with E-state index in [1.165, 1.54) is 0 Å². The summed E-state index contributed by atoms with van der Waals surface area (Å²) in [5.41, 5.74) is -1.00. The number of ether oxygens (including phenoxy) is 6. The molecule has 9 nitrogen and oxygen atoms in total. The van der Waals surface area contributed by atoms with Gasteiger partial charge in [-0.1, -0.05) is 13.3 Å². The third-order valence-electron chi connectivity index (χ3n) is 5.54. The van der Waals surface area contributed by atoms with Gasteiger partial charge in [-0.25, -0.2) is 0 Å². The number of aliphatic hydroxyl groups is 1. The Balaban J connectivity index is 0.000000360. The van der Waals surface area contributed by atoms with Crippen molar-refractivity contribution in [2.75, 3.05) is 19.8 Å². The summed E-state index contributed by atoms with van der Waals surface area (Å²) in [4.78, 5) is 23.4. The first-order chi connectivity index (χ1) is 16.3. The van der Waals surface area contributed by atoms with Crippen molar-refractivity contribution in [1.29, 1.82) is 0 Å². The molecule has 212 valence electrons. The van der Waals surface area contributed by atoms with Gasteiger partial charge in [0.1, 0.15) is 25.4 Å². The maximum absolute atomic E-state index is 11.7. The molecule has 0 radical (unpaired) electrons. The molecule has 0 saturated carbocycles. The van der Waals surface area contributed by atoms with E-state index in [0.717, 1.165) is 12.8 Å². The van der Waals surface area contributed by atoms with Crippen molar-refractivity contribution >= 4 is 11.9 Å². The van der Waals surface area contributed by atoms with E-state index in [0.29, 0.717) is 6.42 Å². The Morgan fingerprint density at radius 3 is 1.33 bits per heavy atom. The van der Waals surface area contributed by atoms with Crippen LogP contribution in [-0.4, -0.2) is 72.9 Å². The highest BCUT2D eigenvalue weighted by atomic mass is 16.8. The van der Waals surface area contributed by atoms with Crippen molar-refractivity contribution < 1.29 is 43.1 Å². The average molecular weight is 519 g/mol. The Morgan fingerprint density at radius 2 is 1.03 bits per heavy atom. The molecule has 0 spiro atoms. The van der Waals surface area contributed by atoms with Gasteiger partial charge in [0.2, 0.25) is 0 Å². The van der Waals surface area contributed by atoms with Gasteiger partial charge in [0, 0.05) is 6.61 Å². The molecule has 0 unspecified atom stereocenters. The van der Waals surface area contributed by atoms with Crippen LogP contribution >= 0.6 is 0 Å². The molecular weight excluding hydrogens is 468 g/mol. The van der Waals surface area contributed by atoms with E-state index in [9.17, 15) is 9.59 Å². The van der Waals surface area contributed by atoms with Crippen molar-refractivity contribution in [3.63, 3.8) is 0 Å². The van der Waals surface area contributed by atoms with Crippen LogP contribution in [0.2, 0.25) is 0 Å². The second-order valence-electron chi connectivity index (χ2n) is 12.4. The van der Waals surface area contributed by atoms with E-state index in [4.69, 9.17) is 33.5 Å². The smallest absolute Gasteiger partial charge is 0.311 e. The van der Waals surface area contributed by atoms with Crippen LogP contribution in [0.1, 0.15) is 95.4 Å². The van der Waals surface area contributed by atoms with E-state index in [2.05, 4.69) is 6.92 Å². The lowest BCUT2D eigenvalue weighted by atomic mass is 9.97. The lowest BCUT2D eigenvalue weighted by Gasteiger charge is -2.20. The minimum atomic E-state index is -0.696. The predicted octanol–water partition coefficient (Wildman–Crippen LogP) is 4.37. The van der Waals surface area contributed by atoms with Gasteiger partial charge in [-0.15, -0.1) is 0 Å². The van der Waals surface area contributed by atoms with Crippen LogP contribution in [0, 0.1) is 10.8 Å². The van der Waals surface area contributed by atoms with Crippen molar-refractivity contribution in [3.05, 3.63) is 0 Å².